The quantitative estimate of drug-likeness (QED) is 0.917. The summed E-state index contributed by atoms with van der Waals surface area (Å²) >= 11 is 0. The second-order valence-electron chi connectivity index (χ2n) is 4.82. The molecule has 4 heteroatoms. The normalized spacial score (nSPS) is 10.8. The van der Waals surface area contributed by atoms with E-state index < -0.39 is 0 Å². The Morgan fingerprint density at radius 3 is 2.26 bits per heavy atom. The standard InChI is InChI=1S/C15H19N3O/c1-9(2)15-17-13(10(3)14(16)18-15)11-5-7-12(19-4)8-6-11/h5-9H,1-4H3,(H2,16,17,18). The summed E-state index contributed by atoms with van der Waals surface area (Å²) in [6, 6.07) is 7.81. The van der Waals surface area contributed by atoms with Crippen LogP contribution in [0.5, 0.6) is 5.75 Å². The van der Waals surface area contributed by atoms with Crippen LogP contribution in [0.2, 0.25) is 0 Å². The third-order valence-electron chi connectivity index (χ3n) is 3.08. The topological polar surface area (TPSA) is 61.0 Å². The van der Waals surface area contributed by atoms with Gasteiger partial charge < -0.3 is 10.5 Å². The fourth-order valence-electron chi connectivity index (χ4n) is 1.84. The molecule has 19 heavy (non-hydrogen) atoms. The number of nitrogens with zero attached hydrogens (tertiary/aromatic N) is 2. The smallest absolute Gasteiger partial charge is 0.133 e. The van der Waals surface area contributed by atoms with E-state index in [0.29, 0.717) is 5.82 Å². The molecule has 0 fully saturated rings. The first-order chi connectivity index (χ1) is 9.02. The molecule has 0 bridgehead atoms. The Hall–Kier alpha value is -2.10. The average Bonchev–Trinajstić information content (AvgIpc) is 2.41. The van der Waals surface area contributed by atoms with E-state index in [1.807, 2.05) is 31.2 Å². The van der Waals surface area contributed by atoms with Gasteiger partial charge in [0, 0.05) is 17.0 Å². The third kappa shape index (κ3) is 2.67. The zero-order valence-corrected chi connectivity index (χ0v) is 11.8. The first-order valence-electron chi connectivity index (χ1n) is 6.31. The van der Waals surface area contributed by atoms with E-state index in [9.17, 15) is 0 Å². The number of methoxy groups -OCH3 is 1. The summed E-state index contributed by atoms with van der Waals surface area (Å²) in [7, 11) is 1.65. The van der Waals surface area contributed by atoms with E-state index in [0.717, 1.165) is 28.4 Å². The van der Waals surface area contributed by atoms with Crippen LogP contribution in [-0.2, 0) is 0 Å². The zero-order chi connectivity index (χ0) is 14.0. The lowest BCUT2D eigenvalue weighted by molar-refractivity contribution is 0.415. The fraction of sp³-hybridized carbons (Fsp3) is 0.333. The van der Waals surface area contributed by atoms with Gasteiger partial charge in [-0.25, -0.2) is 9.97 Å². The number of anilines is 1. The Morgan fingerprint density at radius 1 is 1.11 bits per heavy atom. The minimum Gasteiger partial charge on any atom is -0.497 e. The van der Waals surface area contributed by atoms with Gasteiger partial charge in [0.15, 0.2) is 0 Å². The van der Waals surface area contributed by atoms with Crippen molar-refractivity contribution in [2.24, 2.45) is 0 Å². The Kier molecular flexibility index (Phi) is 3.69. The molecule has 0 saturated heterocycles. The second kappa shape index (κ2) is 5.26. The number of hydrogen-bond acceptors (Lipinski definition) is 4. The number of benzene rings is 1. The summed E-state index contributed by atoms with van der Waals surface area (Å²) in [6.45, 7) is 6.06. The van der Waals surface area contributed by atoms with E-state index in [2.05, 4.69) is 23.8 Å². The molecule has 1 heterocycles. The number of nitrogen functional groups attached to an aromatic ring is 1. The Morgan fingerprint density at radius 2 is 1.74 bits per heavy atom. The van der Waals surface area contributed by atoms with Crippen molar-refractivity contribution in [2.45, 2.75) is 26.7 Å². The average molecular weight is 257 g/mol. The molecule has 100 valence electrons. The highest BCUT2D eigenvalue weighted by molar-refractivity contribution is 5.67. The minimum absolute atomic E-state index is 0.250. The molecule has 4 nitrogen and oxygen atoms in total. The molecule has 0 aliphatic carbocycles. The molecule has 0 amide bonds. The molecule has 0 unspecified atom stereocenters. The summed E-state index contributed by atoms with van der Waals surface area (Å²) in [4.78, 5) is 8.96. The van der Waals surface area contributed by atoms with Crippen LogP contribution in [0.4, 0.5) is 5.82 Å². The van der Waals surface area contributed by atoms with Crippen LogP contribution in [0.25, 0.3) is 11.3 Å². The van der Waals surface area contributed by atoms with E-state index >= 15 is 0 Å². The molecule has 2 N–H and O–H groups in total. The number of hydrogen-bond donors (Lipinski definition) is 1. The number of aromatic nitrogens is 2. The molecule has 0 saturated carbocycles. The van der Waals surface area contributed by atoms with Crippen LogP contribution in [0.15, 0.2) is 24.3 Å². The van der Waals surface area contributed by atoms with Gasteiger partial charge in [0.1, 0.15) is 17.4 Å². The van der Waals surface area contributed by atoms with Crippen molar-refractivity contribution < 1.29 is 4.74 Å². The van der Waals surface area contributed by atoms with Gasteiger partial charge in [-0.2, -0.15) is 0 Å². The highest BCUT2D eigenvalue weighted by Crippen LogP contribution is 2.27. The molecule has 1 aromatic heterocycles. The van der Waals surface area contributed by atoms with Gasteiger partial charge in [-0.1, -0.05) is 13.8 Å². The lowest BCUT2D eigenvalue weighted by atomic mass is 10.1. The molecule has 0 aliphatic heterocycles. The van der Waals surface area contributed by atoms with Gasteiger partial charge in [-0.3, -0.25) is 0 Å². The predicted octanol–water partition coefficient (Wildman–Crippen LogP) is 3.17. The fourth-order valence-corrected chi connectivity index (χ4v) is 1.84. The highest BCUT2D eigenvalue weighted by Gasteiger charge is 2.12. The molecular weight excluding hydrogens is 238 g/mol. The van der Waals surface area contributed by atoms with Crippen molar-refractivity contribution in [3.05, 3.63) is 35.7 Å². The molecule has 2 aromatic rings. The van der Waals surface area contributed by atoms with Crippen LogP contribution in [-0.4, -0.2) is 17.1 Å². The lowest BCUT2D eigenvalue weighted by Crippen LogP contribution is -2.06. The molecule has 1 aromatic carbocycles. The van der Waals surface area contributed by atoms with Crippen molar-refractivity contribution >= 4 is 5.82 Å². The van der Waals surface area contributed by atoms with Gasteiger partial charge in [0.2, 0.25) is 0 Å². The molecular formula is C15H19N3O. The van der Waals surface area contributed by atoms with Crippen LogP contribution < -0.4 is 10.5 Å². The Bertz CT molecular complexity index is 577. The minimum atomic E-state index is 0.250. The summed E-state index contributed by atoms with van der Waals surface area (Å²) in [5.74, 6) is 2.39. The van der Waals surface area contributed by atoms with Crippen LogP contribution in [0.1, 0.15) is 31.2 Å². The first kappa shape index (κ1) is 13.3. The van der Waals surface area contributed by atoms with Crippen LogP contribution >= 0.6 is 0 Å². The summed E-state index contributed by atoms with van der Waals surface area (Å²) < 4.78 is 5.16. The molecule has 0 aliphatic rings. The van der Waals surface area contributed by atoms with Gasteiger partial charge >= 0.3 is 0 Å². The molecule has 2 rings (SSSR count). The first-order valence-corrected chi connectivity index (χ1v) is 6.31. The van der Waals surface area contributed by atoms with Crippen LogP contribution in [0, 0.1) is 6.92 Å². The summed E-state index contributed by atoms with van der Waals surface area (Å²) in [5.41, 5.74) is 8.80. The van der Waals surface area contributed by atoms with Crippen molar-refractivity contribution in [1.82, 2.24) is 9.97 Å². The van der Waals surface area contributed by atoms with Crippen molar-refractivity contribution in [2.75, 3.05) is 12.8 Å². The third-order valence-corrected chi connectivity index (χ3v) is 3.08. The predicted molar refractivity (Wildman–Crippen MR) is 77.3 cm³/mol. The highest BCUT2D eigenvalue weighted by atomic mass is 16.5. The number of ether oxygens (including phenoxy) is 1. The van der Waals surface area contributed by atoms with Crippen molar-refractivity contribution in [3.8, 4) is 17.0 Å². The van der Waals surface area contributed by atoms with Gasteiger partial charge in [0.05, 0.1) is 12.8 Å². The molecule has 0 radical (unpaired) electrons. The second-order valence-corrected chi connectivity index (χ2v) is 4.82. The number of rotatable bonds is 3. The molecule has 0 atom stereocenters. The van der Waals surface area contributed by atoms with E-state index in [4.69, 9.17) is 10.5 Å². The maximum Gasteiger partial charge on any atom is 0.133 e. The SMILES string of the molecule is COc1ccc(-c2nc(C(C)C)nc(N)c2C)cc1. The summed E-state index contributed by atoms with van der Waals surface area (Å²) in [5, 5.41) is 0. The summed E-state index contributed by atoms with van der Waals surface area (Å²) in [6.07, 6.45) is 0. The largest absolute Gasteiger partial charge is 0.497 e. The van der Waals surface area contributed by atoms with Gasteiger partial charge in [0.25, 0.3) is 0 Å². The van der Waals surface area contributed by atoms with E-state index in [1.165, 1.54) is 0 Å². The van der Waals surface area contributed by atoms with Crippen LogP contribution in [0.3, 0.4) is 0 Å². The Labute approximate surface area is 113 Å². The van der Waals surface area contributed by atoms with Crippen molar-refractivity contribution in [3.63, 3.8) is 0 Å². The van der Waals surface area contributed by atoms with Gasteiger partial charge in [-0.15, -0.1) is 0 Å². The monoisotopic (exact) mass is 257 g/mol. The zero-order valence-electron chi connectivity index (χ0n) is 11.8. The molecule has 0 spiro atoms. The Balaban J connectivity index is 2.53. The maximum absolute atomic E-state index is 5.98. The maximum atomic E-state index is 5.98. The lowest BCUT2D eigenvalue weighted by Gasteiger charge is -2.12. The number of nitrogens with two attached hydrogens (primary N) is 1. The van der Waals surface area contributed by atoms with E-state index in [1.54, 1.807) is 7.11 Å². The van der Waals surface area contributed by atoms with Gasteiger partial charge in [-0.05, 0) is 31.2 Å². The van der Waals surface area contributed by atoms with Crippen molar-refractivity contribution in [1.29, 1.82) is 0 Å². The van der Waals surface area contributed by atoms with E-state index in [-0.39, 0.29) is 5.92 Å².